The molecule has 3 aromatic rings. The van der Waals surface area contributed by atoms with Crippen LogP contribution in [0.3, 0.4) is 0 Å². The molecule has 7 heteroatoms. The number of nitrogens with zero attached hydrogens (tertiary/aromatic N) is 5. The maximum atomic E-state index is 12.3. The maximum absolute atomic E-state index is 12.3. The van der Waals surface area contributed by atoms with E-state index in [2.05, 4.69) is 26.0 Å². The third-order valence-electron chi connectivity index (χ3n) is 4.26. The second kappa shape index (κ2) is 5.74. The molecule has 1 aliphatic rings. The van der Waals surface area contributed by atoms with Crippen molar-refractivity contribution in [2.24, 2.45) is 0 Å². The monoisotopic (exact) mass is 318 g/mol. The Balaban J connectivity index is 1.81. The number of fused-ring (bicyclic) bond motifs is 1. The van der Waals surface area contributed by atoms with Gasteiger partial charge >= 0.3 is 0 Å². The number of nitrogens with one attached hydrogen (secondary N) is 1. The van der Waals surface area contributed by atoms with Crippen molar-refractivity contribution in [3.63, 3.8) is 0 Å². The molecule has 0 radical (unpaired) electrons. The van der Waals surface area contributed by atoms with Crippen LogP contribution in [0.15, 0.2) is 41.5 Å². The number of rotatable bonds is 2. The first-order valence-electron chi connectivity index (χ1n) is 7.74. The lowest BCUT2D eigenvalue weighted by molar-refractivity contribution is 0.659. The molecule has 7 nitrogen and oxygen atoms in total. The van der Waals surface area contributed by atoms with Gasteiger partial charge in [-0.15, -0.1) is 0 Å². The first-order valence-corrected chi connectivity index (χ1v) is 7.74. The normalized spacial score (nSPS) is 17.1. The van der Waals surface area contributed by atoms with Crippen molar-refractivity contribution in [1.82, 2.24) is 19.9 Å². The second-order valence-corrected chi connectivity index (χ2v) is 5.66. The van der Waals surface area contributed by atoms with Crippen LogP contribution in [0.4, 0.5) is 5.82 Å². The number of aromatic amines is 1. The van der Waals surface area contributed by atoms with Crippen LogP contribution in [0.25, 0.3) is 10.9 Å². The Kier molecular flexibility index (Phi) is 3.43. The zero-order chi connectivity index (χ0) is 16.5. The van der Waals surface area contributed by atoms with Crippen LogP contribution in [0, 0.1) is 11.3 Å². The van der Waals surface area contributed by atoms with Crippen LogP contribution in [-0.4, -0.2) is 26.5 Å². The molecule has 4 rings (SSSR count). The van der Waals surface area contributed by atoms with Gasteiger partial charge in [-0.2, -0.15) is 5.26 Å². The molecule has 0 spiro atoms. The van der Waals surface area contributed by atoms with Crippen LogP contribution < -0.4 is 10.5 Å². The Labute approximate surface area is 137 Å². The molecular weight excluding hydrogens is 304 g/mol. The van der Waals surface area contributed by atoms with Gasteiger partial charge in [0.25, 0.3) is 5.56 Å². The summed E-state index contributed by atoms with van der Waals surface area (Å²) in [7, 11) is 0. The van der Waals surface area contributed by atoms with Gasteiger partial charge in [0.15, 0.2) is 11.5 Å². The van der Waals surface area contributed by atoms with Crippen LogP contribution >= 0.6 is 0 Å². The molecule has 1 aliphatic heterocycles. The number of hydrogen-bond donors (Lipinski definition) is 1. The molecule has 1 N–H and O–H groups in total. The number of aromatic nitrogens is 4. The molecule has 0 amide bonds. The number of para-hydroxylation sites is 1. The van der Waals surface area contributed by atoms with Gasteiger partial charge in [-0.3, -0.25) is 4.79 Å². The van der Waals surface area contributed by atoms with E-state index in [9.17, 15) is 10.1 Å². The maximum Gasteiger partial charge on any atom is 0.258 e. The molecule has 0 saturated carbocycles. The van der Waals surface area contributed by atoms with Gasteiger partial charge in [-0.1, -0.05) is 12.1 Å². The van der Waals surface area contributed by atoms with Gasteiger partial charge in [0.05, 0.1) is 16.9 Å². The van der Waals surface area contributed by atoms with Gasteiger partial charge in [0.2, 0.25) is 0 Å². The van der Waals surface area contributed by atoms with Crippen LogP contribution in [-0.2, 0) is 0 Å². The standard InChI is InChI=1S/C17H14N6O/c18-10-13-16(20-8-7-19-13)23-9-3-6-14(23)15-21-12-5-2-1-4-11(12)17(24)22-15/h1-2,4-5,7-8,14H,3,6,9H2,(H,21,22,24). The Hall–Kier alpha value is -3.27. The van der Waals surface area contributed by atoms with Crippen molar-refractivity contribution in [2.75, 3.05) is 11.4 Å². The molecule has 3 heterocycles. The van der Waals surface area contributed by atoms with Gasteiger partial charge in [-0.05, 0) is 25.0 Å². The molecule has 1 saturated heterocycles. The number of benzene rings is 1. The number of hydrogen-bond acceptors (Lipinski definition) is 6. The average Bonchev–Trinajstić information content (AvgIpc) is 3.11. The largest absolute Gasteiger partial charge is 0.344 e. The number of H-pyrrole nitrogens is 1. The number of nitriles is 1. The summed E-state index contributed by atoms with van der Waals surface area (Å²) in [6, 6.07) is 9.23. The van der Waals surface area contributed by atoms with E-state index in [1.165, 1.54) is 6.20 Å². The average molecular weight is 318 g/mol. The van der Waals surface area contributed by atoms with Gasteiger partial charge in [-0.25, -0.2) is 15.0 Å². The topological polar surface area (TPSA) is 98.6 Å². The minimum absolute atomic E-state index is 0.119. The van der Waals surface area contributed by atoms with Gasteiger partial charge < -0.3 is 9.88 Å². The molecule has 0 bridgehead atoms. The quantitative estimate of drug-likeness (QED) is 0.775. The first-order chi connectivity index (χ1) is 11.8. The molecule has 1 fully saturated rings. The van der Waals surface area contributed by atoms with E-state index >= 15 is 0 Å². The van der Waals surface area contributed by atoms with E-state index < -0.39 is 0 Å². The highest BCUT2D eigenvalue weighted by atomic mass is 16.1. The SMILES string of the molecule is N#Cc1nccnc1N1CCCC1c1nc2ccccc2c(=O)[nH]1. The molecule has 1 atom stereocenters. The summed E-state index contributed by atoms with van der Waals surface area (Å²) in [5.74, 6) is 1.14. The molecule has 1 unspecified atom stereocenters. The van der Waals surface area contributed by atoms with Gasteiger partial charge in [0.1, 0.15) is 11.9 Å². The zero-order valence-electron chi connectivity index (χ0n) is 12.8. The Morgan fingerprint density at radius 2 is 2.08 bits per heavy atom. The third-order valence-corrected chi connectivity index (χ3v) is 4.26. The fraction of sp³-hybridized carbons (Fsp3) is 0.235. The van der Waals surface area contributed by atoms with Crippen LogP contribution in [0.1, 0.15) is 30.4 Å². The Bertz CT molecular complexity index is 1010. The van der Waals surface area contributed by atoms with E-state index in [4.69, 9.17) is 0 Å². The Morgan fingerprint density at radius 3 is 2.96 bits per heavy atom. The minimum Gasteiger partial charge on any atom is -0.344 e. The summed E-state index contributed by atoms with van der Waals surface area (Å²) in [5, 5.41) is 9.84. The van der Waals surface area contributed by atoms with Crippen molar-refractivity contribution in [1.29, 1.82) is 5.26 Å². The summed E-state index contributed by atoms with van der Waals surface area (Å²) < 4.78 is 0. The van der Waals surface area contributed by atoms with E-state index in [1.807, 2.05) is 23.1 Å². The minimum atomic E-state index is -0.151. The zero-order valence-corrected chi connectivity index (χ0v) is 12.8. The summed E-state index contributed by atoms with van der Waals surface area (Å²) in [5.41, 5.74) is 0.803. The third kappa shape index (κ3) is 2.29. The van der Waals surface area contributed by atoms with Crippen molar-refractivity contribution in [3.8, 4) is 6.07 Å². The van der Waals surface area contributed by atoms with E-state index in [-0.39, 0.29) is 17.3 Å². The molecule has 24 heavy (non-hydrogen) atoms. The predicted octanol–water partition coefficient (Wildman–Crippen LogP) is 1.93. The summed E-state index contributed by atoms with van der Waals surface area (Å²) >= 11 is 0. The fourth-order valence-corrected chi connectivity index (χ4v) is 3.19. The van der Waals surface area contributed by atoms with Gasteiger partial charge in [0, 0.05) is 18.9 Å². The van der Waals surface area contributed by atoms with E-state index in [0.717, 1.165) is 19.4 Å². The predicted molar refractivity (Wildman–Crippen MR) is 88.4 cm³/mol. The number of anilines is 1. The highest BCUT2D eigenvalue weighted by Crippen LogP contribution is 2.34. The van der Waals surface area contributed by atoms with Crippen molar-refractivity contribution in [2.45, 2.75) is 18.9 Å². The molecular formula is C17H14N6O. The van der Waals surface area contributed by atoms with Crippen LogP contribution in [0.5, 0.6) is 0 Å². The molecule has 2 aromatic heterocycles. The first kappa shape index (κ1) is 14.3. The van der Waals surface area contributed by atoms with Crippen molar-refractivity contribution in [3.05, 3.63) is 58.5 Å². The van der Waals surface area contributed by atoms with Crippen molar-refractivity contribution >= 4 is 16.7 Å². The summed E-state index contributed by atoms with van der Waals surface area (Å²) in [6.45, 7) is 0.745. The highest BCUT2D eigenvalue weighted by molar-refractivity contribution is 5.77. The van der Waals surface area contributed by atoms with Crippen molar-refractivity contribution < 1.29 is 0 Å². The lowest BCUT2D eigenvalue weighted by atomic mass is 10.2. The van der Waals surface area contributed by atoms with Crippen LogP contribution in [0.2, 0.25) is 0 Å². The van der Waals surface area contributed by atoms with E-state index in [0.29, 0.717) is 22.5 Å². The highest BCUT2D eigenvalue weighted by Gasteiger charge is 2.31. The molecule has 0 aliphatic carbocycles. The summed E-state index contributed by atoms with van der Waals surface area (Å²) in [6.07, 6.45) is 4.84. The van der Waals surface area contributed by atoms with E-state index in [1.54, 1.807) is 12.3 Å². The summed E-state index contributed by atoms with van der Waals surface area (Å²) in [4.78, 5) is 30.2. The fourth-order valence-electron chi connectivity index (χ4n) is 3.19. The molecule has 118 valence electrons. The second-order valence-electron chi connectivity index (χ2n) is 5.66. The smallest absolute Gasteiger partial charge is 0.258 e. The molecule has 1 aromatic carbocycles. The Morgan fingerprint density at radius 1 is 1.25 bits per heavy atom. The lowest BCUT2D eigenvalue weighted by Gasteiger charge is -2.25. The lowest BCUT2D eigenvalue weighted by Crippen LogP contribution is -2.28.